The number of hydrogen-bond donors (Lipinski definition) is 1. The quantitative estimate of drug-likeness (QED) is 0.768. The predicted molar refractivity (Wildman–Crippen MR) is 68.6 cm³/mol. The first-order valence-corrected chi connectivity index (χ1v) is 6.59. The molecule has 2 atom stereocenters. The van der Waals surface area contributed by atoms with Crippen LogP contribution in [0.5, 0.6) is 0 Å². The SMILES string of the molecule is CCOC(=O)[C@H]1CC[C@H](O)CN1C(=O)OC(C)(C)C. The Balaban J connectivity index is 2.78. The molecule has 0 unspecified atom stereocenters. The summed E-state index contributed by atoms with van der Waals surface area (Å²) in [7, 11) is 0. The Kier molecular flexibility index (Phi) is 5.17. The fraction of sp³-hybridized carbons (Fsp3) is 0.846. The number of carbonyl (C=O) groups excluding carboxylic acids is 2. The number of hydrogen-bond acceptors (Lipinski definition) is 5. The van der Waals surface area contributed by atoms with E-state index in [1.165, 1.54) is 4.90 Å². The Morgan fingerprint density at radius 2 is 1.95 bits per heavy atom. The molecule has 0 saturated carbocycles. The first-order chi connectivity index (χ1) is 8.74. The minimum Gasteiger partial charge on any atom is -0.464 e. The molecule has 1 N–H and O–H groups in total. The van der Waals surface area contributed by atoms with Gasteiger partial charge in [0, 0.05) is 0 Å². The van der Waals surface area contributed by atoms with Crippen molar-refractivity contribution >= 4 is 12.1 Å². The minimum atomic E-state index is -0.668. The molecular weight excluding hydrogens is 250 g/mol. The van der Waals surface area contributed by atoms with Crippen molar-refractivity contribution in [3.05, 3.63) is 0 Å². The zero-order chi connectivity index (χ0) is 14.6. The van der Waals surface area contributed by atoms with E-state index >= 15 is 0 Å². The number of aliphatic hydroxyl groups is 1. The van der Waals surface area contributed by atoms with Crippen LogP contribution in [-0.2, 0) is 14.3 Å². The maximum atomic E-state index is 12.1. The highest BCUT2D eigenvalue weighted by atomic mass is 16.6. The monoisotopic (exact) mass is 273 g/mol. The molecule has 1 saturated heterocycles. The van der Waals surface area contributed by atoms with Gasteiger partial charge in [-0.2, -0.15) is 0 Å². The Bertz CT molecular complexity index is 336. The van der Waals surface area contributed by atoms with Gasteiger partial charge in [0.1, 0.15) is 11.6 Å². The van der Waals surface area contributed by atoms with E-state index in [1.54, 1.807) is 27.7 Å². The van der Waals surface area contributed by atoms with Crippen LogP contribution in [0.25, 0.3) is 0 Å². The zero-order valence-electron chi connectivity index (χ0n) is 12.0. The molecule has 1 fully saturated rings. The fourth-order valence-electron chi connectivity index (χ4n) is 1.96. The Labute approximate surface area is 113 Å². The normalized spacial score (nSPS) is 23.9. The van der Waals surface area contributed by atoms with Gasteiger partial charge in [-0.3, -0.25) is 4.90 Å². The molecule has 6 heteroatoms. The lowest BCUT2D eigenvalue weighted by Gasteiger charge is -2.37. The van der Waals surface area contributed by atoms with Crippen molar-refractivity contribution in [2.45, 2.75) is 58.3 Å². The van der Waals surface area contributed by atoms with E-state index in [4.69, 9.17) is 9.47 Å². The van der Waals surface area contributed by atoms with E-state index in [9.17, 15) is 14.7 Å². The van der Waals surface area contributed by atoms with Crippen molar-refractivity contribution < 1.29 is 24.2 Å². The number of aliphatic hydroxyl groups excluding tert-OH is 1. The molecule has 0 bridgehead atoms. The van der Waals surface area contributed by atoms with Crippen molar-refractivity contribution in [1.82, 2.24) is 4.90 Å². The number of piperidine rings is 1. The maximum Gasteiger partial charge on any atom is 0.411 e. The van der Waals surface area contributed by atoms with Gasteiger partial charge in [-0.05, 0) is 40.5 Å². The van der Waals surface area contributed by atoms with Gasteiger partial charge < -0.3 is 14.6 Å². The van der Waals surface area contributed by atoms with Gasteiger partial charge in [0.2, 0.25) is 0 Å². The Morgan fingerprint density at radius 1 is 1.32 bits per heavy atom. The van der Waals surface area contributed by atoms with Gasteiger partial charge in [-0.25, -0.2) is 9.59 Å². The second-order valence-electron chi connectivity index (χ2n) is 5.63. The molecule has 0 aromatic carbocycles. The molecule has 6 nitrogen and oxygen atoms in total. The van der Waals surface area contributed by atoms with Crippen LogP contribution >= 0.6 is 0 Å². The summed E-state index contributed by atoms with van der Waals surface area (Å²) in [5, 5.41) is 9.65. The van der Waals surface area contributed by atoms with Crippen LogP contribution in [0.3, 0.4) is 0 Å². The molecule has 110 valence electrons. The van der Waals surface area contributed by atoms with Crippen LogP contribution in [0.1, 0.15) is 40.5 Å². The number of likely N-dealkylation sites (tertiary alicyclic amines) is 1. The van der Waals surface area contributed by atoms with Crippen LogP contribution in [0.4, 0.5) is 4.79 Å². The molecule has 1 aliphatic rings. The Hall–Kier alpha value is -1.30. The number of β-amino-alcohol motifs (C(OH)–C–C–N with tert-alkyl or cyclic N) is 1. The lowest BCUT2D eigenvalue weighted by molar-refractivity contribution is -0.152. The summed E-state index contributed by atoms with van der Waals surface area (Å²) in [6.45, 7) is 7.34. The average molecular weight is 273 g/mol. The van der Waals surface area contributed by atoms with E-state index < -0.39 is 29.8 Å². The zero-order valence-corrected chi connectivity index (χ0v) is 12.0. The largest absolute Gasteiger partial charge is 0.464 e. The van der Waals surface area contributed by atoms with Crippen LogP contribution in [-0.4, -0.2) is 53.0 Å². The molecule has 1 rings (SSSR count). The number of ether oxygens (including phenoxy) is 2. The van der Waals surface area contributed by atoms with Gasteiger partial charge in [-0.1, -0.05) is 0 Å². The van der Waals surface area contributed by atoms with Gasteiger partial charge in [0.15, 0.2) is 0 Å². The fourth-order valence-corrected chi connectivity index (χ4v) is 1.96. The number of esters is 1. The van der Waals surface area contributed by atoms with Crippen molar-refractivity contribution in [2.75, 3.05) is 13.2 Å². The van der Waals surface area contributed by atoms with E-state index in [0.717, 1.165) is 0 Å². The van der Waals surface area contributed by atoms with E-state index in [2.05, 4.69) is 0 Å². The van der Waals surface area contributed by atoms with Crippen LogP contribution in [0, 0.1) is 0 Å². The van der Waals surface area contributed by atoms with E-state index in [1.807, 2.05) is 0 Å². The molecule has 19 heavy (non-hydrogen) atoms. The molecule has 0 aromatic rings. The van der Waals surface area contributed by atoms with Crippen LogP contribution in [0.2, 0.25) is 0 Å². The molecule has 0 aliphatic carbocycles. The summed E-state index contributed by atoms with van der Waals surface area (Å²) in [6.07, 6.45) is -0.357. The van der Waals surface area contributed by atoms with Crippen molar-refractivity contribution in [2.24, 2.45) is 0 Å². The summed E-state index contributed by atoms with van der Waals surface area (Å²) >= 11 is 0. The van der Waals surface area contributed by atoms with E-state index in [-0.39, 0.29) is 13.2 Å². The third-order valence-corrected chi connectivity index (χ3v) is 2.74. The number of rotatable bonds is 2. The standard InChI is InChI=1S/C13H23NO5/c1-5-18-11(16)10-7-6-9(15)8-14(10)12(17)19-13(2,3)4/h9-10,15H,5-8H2,1-4H3/t9-,10+/m0/s1. The minimum absolute atomic E-state index is 0.0956. The van der Waals surface area contributed by atoms with Crippen molar-refractivity contribution in [1.29, 1.82) is 0 Å². The summed E-state index contributed by atoms with van der Waals surface area (Å²) in [5.74, 6) is -0.444. The lowest BCUT2D eigenvalue weighted by atomic mass is 10.0. The second kappa shape index (κ2) is 6.23. The summed E-state index contributed by atoms with van der Waals surface area (Å²) in [5.41, 5.74) is -0.640. The van der Waals surface area contributed by atoms with Gasteiger partial charge >= 0.3 is 12.1 Å². The highest BCUT2D eigenvalue weighted by Gasteiger charge is 2.38. The van der Waals surface area contributed by atoms with Gasteiger partial charge in [0.25, 0.3) is 0 Å². The first-order valence-electron chi connectivity index (χ1n) is 6.59. The molecule has 1 heterocycles. The molecular formula is C13H23NO5. The number of nitrogens with zero attached hydrogens (tertiary/aromatic N) is 1. The smallest absolute Gasteiger partial charge is 0.411 e. The molecule has 0 aromatic heterocycles. The van der Waals surface area contributed by atoms with Gasteiger partial charge in [0.05, 0.1) is 19.3 Å². The average Bonchev–Trinajstić information content (AvgIpc) is 2.26. The van der Waals surface area contributed by atoms with Crippen LogP contribution in [0.15, 0.2) is 0 Å². The first kappa shape index (κ1) is 15.8. The van der Waals surface area contributed by atoms with Crippen LogP contribution < -0.4 is 0 Å². The predicted octanol–water partition coefficient (Wildman–Crippen LogP) is 1.31. The number of carbonyl (C=O) groups is 2. The third kappa shape index (κ3) is 4.70. The summed E-state index contributed by atoms with van der Waals surface area (Å²) in [6, 6.07) is -0.668. The topological polar surface area (TPSA) is 76.1 Å². The summed E-state index contributed by atoms with van der Waals surface area (Å²) < 4.78 is 10.2. The number of amides is 1. The maximum absolute atomic E-state index is 12.1. The van der Waals surface area contributed by atoms with E-state index in [0.29, 0.717) is 12.8 Å². The lowest BCUT2D eigenvalue weighted by Crippen LogP contribution is -2.53. The van der Waals surface area contributed by atoms with Crippen molar-refractivity contribution in [3.8, 4) is 0 Å². The van der Waals surface area contributed by atoms with Crippen molar-refractivity contribution in [3.63, 3.8) is 0 Å². The molecule has 0 radical (unpaired) electrons. The second-order valence-corrected chi connectivity index (χ2v) is 5.63. The summed E-state index contributed by atoms with van der Waals surface area (Å²) in [4.78, 5) is 25.2. The molecule has 1 aliphatic heterocycles. The molecule has 1 amide bonds. The third-order valence-electron chi connectivity index (χ3n) is 2.74. The van der Waals surface area contributed by atoms with Gasteiger partial charge in [-0.15, -0.1) is 0 Å². The highest BCUT2D eigenvalue weighted by molar-refractivity contribution is 5.81. The highest BCUT2D eigenvalue weighted by Crippen LogP contribution is 2.21. The molecule has 0 spiro atoms. The Morgan fingerprint density at radius 3 is 2.47 bits per heavy atom.